The smallest absolute Gasteiger partial charge is 0.338 e. The zero-order valence-corrected chi connectivity index (χ0v) is 18.7. The molecule has 1 heterocycles. The summed E-state index contributed by atoms with van der Waals surface area (Å²) in [5.74, 6) is -1.93. The number of Topliss-reactive ketones (excluding diaryl/α,β-unsaturated/α-hetero) is 1. The second kappa shape index (κ2) is 8.88. The number of esters is 1. The summed E-state index contributed by atoms with van der Waals surface area (Å²) in [4.78, 5) is 52.1. The molecular formula is C25H18BrNO5. The normalized spacial score (nSPS) is 13.6. The van der Waals surface area contributed by atoms with Gasteiger partial charge in [0.05, 0.1) is 22.4 Å². The molecule has 0 unspecified atom stereocenters. The topological polar surface area (TPSA) is 80.8 Å². The van der Waals surface area contributed by atoms with Gasteiger partial charge in [-0.15, -0.1) is 0 Å². The van der Waals surface area contributed by atoms with Gasteiger partial charge in [-0.1, -0.05) is 59.3 Å². The molecule has 2 amide bonds. The number of nitrogens with zero attached hydrogens (tertiary/aromatic N) is 1. The molecule has 6 nitrogen and oxygen atoms in total. The fraction of sp³-hybridized carbons (Fsp3) is 0.120. The molecule has 4 rings (SSSR count). The van der Waals surface area contributed by atoms with E-state index in [9.17, 15) is 19.2 Å². The van der Waals surface area contributed by atoms with Crippen molar-refractivity contribution in [1.82, 2.24) is 0 Å². The van der Waals surface area contributed by atoms with Crippen LogP contribution in [0.15, 0.2) is 77.3 Å². The molecule has 1 aliphatic heterocycles. The molecule has 1 atom stereocenters. The van der Waals surface area contributed by atoms with Crippen molar-refractivity contribution < 1.29 is 23.9 Å². The Hall–Kier alpha value is -3.58. The molecule has 0 bridgehead atoms. The molecule has 32 heavy (non-hydrogen) atoms. The van der Waals surface area contributed by atoms with Crippen molar-refractivity contribution in [3.63, 3.8) is 0 Å². The summed E-state index contributed by atoms with van der Waals surface area (Å²) in [5, 5.41) is 0. The van der Waals surface area contributed by atoms with Gasteiger partial charge < -0.3 is 4.74 Å². The van der Waals surface area contributed by atoms with Crippen LogP contribution in [0.25, 0.3) is 0 Å². The zero-order chi connectivity index (χ0) is 22.8. The highest BCUT2D eigenvalue weighted by molar-refractivity contribution is 9.10. The number of amides is 2. The molecule has 0 saturated carbocycles. The summed E-state index contributed by atoms with van der Waals surface area (Å²) in [6.07, 6.45) is -0.628. The Kier molecular flexibility index (Phi) is 6.01. The van der Waals surface area contributed by atoms with Crippen molar-refractivity contribution in [2.24, 2.45) is 0 Å². The van der Waals surface area contributed by atoms with Gasteiger partial charge in [-0.25, -0.2) is 9.69 Å². The van der Waals surface area contributed by atoms with Crippen LogP contribution in [-0.2, 0) is 4.74 Å². The largest absolute Gasteiger partial charge is 0.450 e. The van der Waals surface area contributed by atoms with E-state index in [2.05, 4.69) is 15.9 Å². The van der Waals surface area contributed by atoms with Crippen LogP contribution in [0, 0.1) is 0 Å². The number of hydrogen-bond donors (Lipinski definition) is 0. The number of benzene rings is 3. The van der Waals surface area contributed by atoms with Gasteiger partial charge in [-0.05, 0) is 42.8 Å². The number of carbonyl (C=O) groups is 4. The first-order valence-corrected chi connectivity index (χ1v) is 10.8. The van der Waals surface area contributed by atoms with Crippen LogP contribution < -0.4 is 4.90 Å². The number of fused-ring (bicyclic) bond motifs is 1. The van der Waals surface area contributed by atoms with E-state index in [0.717, 1.165) is 4.90 Å². The van der Waals surface area contributed by atoms with Crippen molar-refractivity contribution in [1.29, 1.82) is 0 Å². The average molecular weight is 492 g/mol. The SMILES string of the molecule is CC[C@H](OC(=O)c1cccc(N2C(=O)c3ccc(Br)cc3C2=O)c1)C(=O)c1ccccc1. The van der Waals surface area contributed by atoms with Crippen LogP contribution in [0.3, 0.4) is 0 Å². The van der Waals surface area contributed by atoms with Crippen LogP contribution in [0.2, 0.25) is 0 Å². The maximum absolute atomic E-state index is 12.8. The standard InChI is InChI=1S/C25H18BrNO5/c1-2-21(22(28)15-7-4-3-5-8-15)32-25(31)16-9-6-10-18(13-16)27-23(29)19-12-11-17(26)14-20(19)24(27)30/h3-14,21H,2H2,1H3/t21-/m0/s1. The van der Waals surface area contributed by atoms with Gasteiger partial charge in [0.2, 0.25) is 5.78 Å². The number of carbonyl (C=O) groups excluding carboxylic acids is 4. The fourth-order valence-corrected chi connectivity index (χ4v) is 3.89. The molecule has 0 N–H and O–H groups in total. The third kappa shape index (κ3) is 3.99. The van der Waals surface area contributed by atoms with Gasteiger partial charge in [-0.3, -0.25) is 14.4 Å². The minimum atomic E-state index is -0.940. The van der Waals surface area contributed by atoms with Gasteiger partial charge >= 0.3 is 5.97 Å². The van der Waals surface area contributed by atoms with Crippen molar-refractivity contribution in [2.75, 3.05) is 4.90 Å². The van der Waals surface area contributed by atoms with E-state index in [-0.39, 0.29) is 22.6 Å². The van der Waals surface area contributed by atoms with E-state index in [1.54, 1.807) is 67.6 Å². The lowest BCUT2D eigenvalue weighted by molar-refractivity contribution is 0.0277. The van der Waals surface area contributed by atoms with E-state index in [1.165, 1.54) is 12.1 Å². The fourth-order valence-electron chi connectivity index (χ4n) is 3.53. The lowest BCUT2D eigenvalue weighted by Crippen LogP contribution is -2.30. The number of halogens is 1. The quantitative estimate of drug-likeness (QED) is 0.273. The van der Waals surface area contributed by atoms with Gasteiger partial charge in [0.1, 0.15) is 0 Å². The van der Waals surface area contributed by atoms with Gasteiger partial charge in [0.25, 0.3) is 11.8 Å². The molecule has 0 aliphatic carbocycles. The van der Waals surface area contributed by atoms with Crippen LogP contribution in [0.4, 0.5) is 5.69 Å². The maximum atomic E-state index is 12.8. The molecule has 3 aromatic carbocycles. The van der Waals surface area contributed by atoms with E-state index in [1.807, 2.05) is 0 Å². The first-order chi connectivity index (χ1) is 15.4. The summed E-state index contributed by atoms with van der Waals surface area (Å²) in [6.45, 7) is 1.76. The molecule has 0 saturated heterocycles. The summed E-state index contributed by atoms with van der Waals surface area (Å²) in [7, 11) is 0. The summed E-state index contributed by atoms with van der Waals surface area (Å²) < 4.78 is 6.15. The number of anilines is 1. The van der Waals surface area contributed by atoms with Crippen molar-refractivity contribution in [3.05, 3.63) is 99.5 Å². The lowest BCUT2D eigenvalue weighted by atomic mass is 10.0. The Labute approximate surface area is 192 Å². The van der Waals surface area contributed by atoms with Crippen molar-refractivity contribution in [3.8, 4) is 0 Å². The molecule has 3 aromatic rings. The highest BCUT2D eigenvalue weighted by Gasteiger charge is 2.37. The first kappa shape index (κ1) is 21.6. The minimum absolute atomic E-state index is 0.138. The number of imide groups is 1. The maximum Gasteiger partial charge on any atom is 0.338 e. The first-order valence-electron chi connectivity index (χ1n) is 9.99. The summed E-state index contributed by atoms with van der Waals surface area (Å²) >= 11 is 3.31. The molecule has 0 aromatic heterocycles. The predicted molar refractivity (Wildman–Crippen MR) is 122 cm³/mol. The molecule has 0 radical (unpaired) electrons. The highest BCUT2D eigenvalue weighted by Crippen LogP contribution is 2.31. The van der Waals surface area contributed by atoms with E-state index >= 15 is 0 Å². The molecule has 0 fully saturated rings. The predicted octanol–water partition coefficient (Wildman–Crippen LogP) is 5.07. The second-order valence-electron chi connectivity index (χ2n) is 7.22. The van der Waals surface area contributed by atoms with E-state index < -0.39 is 23.9 Å². The zero-order valence-electron chi connectivity index (χ0n) is 17.1. The second-order valence-corrected chi connectivity index (χ2v) is 8.13. The van der Waals surface area contributed by atoms with Crippen LogP contribution >= 0.6 is 15.9 Å². The number of ketones is 1. The van der Waals surface area contributed by atoms with E-state index in [4.69, 9.17) is 4.74 Å². The van der Waals surface area contributed by atoms with E-state index in [0.29, 0.717) is 22.0 Å². The lowest BCUT2D eigenvalue weighted by Gasteiger charge is -2.17. The Bertz CT molecular complexity index is 1240. The number of ether oxygens (including phenoxy) is 1. The Balaban J connectivity index is 1.57. The molecule has 1 aliphatic rings. The molecule has 0 spiro atoms. The molecule has 7 heteroatoms. The average Bonchev–Trinajstić information content (AvgIpc) is 3.06. The van der Waals surface area contributed by atoms with Crippen molar-refractivity contribution >= 4 is 45.2 Å². The Morgan fingerprint density at radius 3 is 2.28 bits per heavy atom. The van der Waals surface area contributed by atoms with Crippen molar-refractivity contribution in [2.45, 2.75) is 19.4 Å². The Morgan fingerprint density at radius 2 is 1.56 bits per heavy atom. The summed E-state index contributed by atoms with van der Waals surface area (Å²) in [5.41, 5.74) is 1.43. The van der Waals surface area contributed by atoms with Gasteiger partial charge in [0, 0.05) is 10.0 Å². The third-order valence-electron chi connectivity index (χ3n) is 5.16. The van der Waals surface area contributed by atoms with Crippen LogP contribution in [-0.4, -0.2) is 29.7 Å². The van der Waals surface area contributed by atoms with Crippen LogP contribution in [0.5, 0.6) is 0 Å². The van der Waals surface area contributed by atoms with Gasteiger partial charge in [-0.2, -0.15) is 0 Å². The molecule has 160 valence electrons. The third-order valence-corrected chi connectivity index (χ3v) is 5.65. The molecular weight excluding hydrogens is 474 g/mol. The minimum Gasteiger partial charge on any atom is -0.450 e. The highest BCUT2D eigenvalue weighted by atomic mass is 79.9. The number of hydrogen-bond acceptors (Lipinski definition) is 5. The summed E-state index contributed by atoms with van der Waals surface area (Å²) in [6, 6.07) is 19.5. The van der Waals surface area contributed by atoms with Gasteiger partial charge in [0.15, 0.2) is 6.10 Å². The monoisotopic (exact) mass is 491 g/mol. The number of rotatable bonds is 6. The Morgan fingerprint density at radius 1 is 0.875 bits per heavy atom. The van der Waals surface area contributed by atoms with Crippen LogP contribution in [0.1, 0.15) is 54.8 Å².